The fourth-order valence-electron chi connectivity index (χ4n) is 1.63. The predicted molar refractivity (Wildman–Crippen MR) is 59.1 cm³/mol. The fraction of sp³-hybridized carbons (Fsp3) is 0.273. The first-order valence-electron chi connectivity index (χ1n) is 4.88. The lowest BCUT2D eigenvalue weighted by Gasteiger charge is -2.28. The summed E-state index contributed by atoms with van der Waals surface area (Å²) in [5.74, 6) is 0.791. The van der Waals surface area contributed by atoms with Crippen molar-refractivity contribution in [2.45, 2.75) is 6.10 Å². The van der Waals surface area contributed by atoms with Crippen LogP contribution in [0.25, 0.3) is 10.1 Å². The van der Waals surface area contributed by atoms with Crippen LogP contribution in [0.3, 0.4) is 0 Å². The van der Waals surface area contributed by atoms with Gasteiger partial charge in [0, 0.05) is 23.2 Å². The van der Waals surface area contributed by atoms with Crippen LogP contribution in [0, 0.1) is 5.13 Å². The van der Waals surface area contributed by atoms with Crippen molar-refractivity contribution < 1.29 is 9.13 Å². The third-order valence-corrected chi connectivity index (χ3v) is 3.42. The van der Waals surface area contributed by atoms with Gasteiger partial charge in [0.15, 0.2) is 5.13 Å². The molecule has 0 spiro atoms. The Hall–Kier alpha value is -1.13. The summed E-state index contributed by atoms with van der Waals surface area (Å²) in [5, 5.41) is 3.86. The second-order valence-corrected chi connectivity index (χ2v) is 4.65. The molecule has 0 atom stereocenters. The Labute approximate surface area is 90.7 Å². The molecule has 0 aliphatic carbocycles. The van der Waals surface area contributed by atoms with Gasteiger partial charge in [0.05, 0.1) is 0 Å². The number of halogens is 1. The van der Waals surface area contributed by atoms with Crippen LogP contribution < -0.4 is 10.1 Å². The Balaban J connectivity index is 2.00. The summed E-state index contributed by atoms with van der Waals surface area (Å²) in [6.07, 6.45) is 0.235. The zero-order valence-electron chi connectivity index (χ0n) is 8.00. The molecule has 0 bridgehead atoms. The van der Waals surface area contributed by atoms with E-state index in [0.29, 0.717) is 0 Å². The minimum atomic E-state index is -0.159. The normalized spacial score (nSPS) is 16.6. The van der Waals surface area contributed by atoms with Gasteiger partial charge in [-0.3, -0.25) is 0 Å². The molecule has 2 heterocycles. The largest absolute Gasteiger partial charge is 0.487 e. The maximum Gasteiger partial charge on any atom is 0.177 e. The lowest BCUT2D eigenvalue weighted by atomic mass is 10.2. The van der Waals surface area contributed by atoms with E-state index in [1.54, 1.807) is 6.07 Å². The number of hydrogen-bond acceptors (Lipinski definition) is 3. The van der Waals surface area contributed by atoms with Gasteiger partial charge in [-0.1, -0.05) is 6.07 Å². The molecule has 1 N–H and O–H groups in total. The van der Waals surface area contributed by atoms with Gasteiger partial charge >= 0.3 is 0 Å². The summed E-state index contributed by atoms with van der Waals surface area (Å²) in [6.45, 7) is 1.76. The number of rotatable bonds is 2. The van der Waals surface area contributed by atoms with Gasteiger partial charge in [-0.15, -0.1) is 11.3 Å². The molecule has 0 radical (unpaired) electrons. The van der Waals surface area contributed by atoms with E-state index in [-0.39, 0.29) is 11.2 Å². The van der Waals surface area contributed by atoms with Crippen molar-refractivity contribution in [3.63, 3.8) is 0 Å². The van der Waals surface area contributed by atoms with Gasteiger partial charge in [-0.05, 0) is 18.2 Å². The Morgan fingerprint density at radius 2 is 2.27 bits per heavy atom. The molecule has 0 unspecified atom stereocenters. The van der Waals surface area contributed by atoms with E-state index in [0.717, 1.165) is 40.3 Å². The third kappa shape index (κ3) is 1.60. The second kappa shape index (κ2) is 3.47. The van der Waals surface area contributed by atoms with Crippen LogP contribution in [-0.2, 0) is 0 Å². The summed E-state index contributed by atoms with van der Waals surface area (Å²) >= 11 is 1.16. The fourth-order valence-corrected chi connectivity index (χ4v) is 2.43. The van der Waals surface area contributed by atoms with E-state index in [9.17, 15) is 4.39 Å². The van der Waals surface area contributed by atoms with Crippen LogP contribution in [-0.4, -0.2) is 19.2 Å². The summed E-state index contributed by atoms with van der Waals surface area (Å²) in [7, 11) is 0. The Morgan fingerprint density at radius 1 is 1.40 bits per heavy atom. The molecule has 0 amide bonds. The molecule has 1 aromatic heterocycles. The maximum absolute atomic E-state index is 13.1. The molecule has 1 aliphatic heterocycles. The predicted octanol–water partition coefficient (Wildman–Crippen LogP) is 2.39. The van der Waals surface area contributed by atoms with E-state index in [1.165, 1.54) is 0 Å². The number of thiophene rings is 1. The van der Waals surface area contributed by atoms with Crippen LogP contribution in [0.5, 0.6) is 5.75 Å². The van der Waals surface area contributed by atoms with Crippen molar-refractivity contribution in [2.75, 3.05) is 13.1 Å². The van der Waals surface area contributed by atoms with Crippen molar-refractivity contribution in [3.8, 4) is 5.75 Å². The Kier molecular flexibility index (Phi) is 2.11. The van der Waals surface area contributed by atoms with Crippen molar-refractivity contribution in [3.05, 3.63) is 29.4 Å². The molecule has 15 heavy (non-hydrogen) atoms. The molecule has 1 fully saturated rings. The SMILES string of the molecule is Fc1cc2c(OC3CNC3)cccc2s1. The first-order valence-corrected chi connectivity index (χ1v) is 5.70. The first kappa shape index (κ1) is 9.12. The molecule has 2 nitrogen and oxygen atoms in total. The molecule has 1 aromatic carbocycles. The van der Waals surface area contributed by atoms with Crippen LogP contribution in [0.15, 0.2) is 24.3 Å². The molecule has 0 saturated carbocycles. The van der Waals surface area contributed by atoms with E-state index < -0.39 is 0 Å². The van der Waals surface area contributed by atoms with Gasteiger partial charge in [0.1, 0.15) is 11.9 Å². The molecule has 78 valence electrons. The molecule has 1 aliphatic rings. The summed E-state index contributed by atoms with van der Waals surface area (Å²) in [4.78, 5) is 0. The number of nitrogens with one attached hydrogen (secondary N) is 1. The molecular weight excluding hydrogens is 213 g/mol. The topological polar surface area (TPSA) is 21.3 Å². The standard InChI is InChI=1S/C11H10FNOS/c12-11-4-8-9(14-7-5-13-6-7)2-1-3-10(8)15-11/h1-4,7,13H,5-6H2. The van der Waals surface area contributed by atoms with Crippen LogP contribution in [0.1, 0.15) is 0 Å². The number of hydrogen-bond donors (Lipinski definition) is 1. The average molecular weight is 223 g/mol. The van der Waals surface area contributed by atoms with Crippen molar-refractivity contribution in [2.24, 2.45) is 0 Å². The summed E-state index contributed by atoms with van der Waals surface area (Å²) in [6, 6.07) is 7.25. The number of ether oxygens (including phenoxy) is 1. The summed E-state index contributed by atoms with van der Waals surface area (Å²) in [5.41, 5.74) is 0. The quantitative estimate of drug-likeness (QED) is 0.844. The van der Waals surface area contributed by atoms with Gasteiger partial charge in [0.25, 0.3) is 0 Å². The van der Waals surface area contributed by atoms with E-state index in [4.69, 9.17) is 4.74 Å². The summed E-state index contributed by atoms with van der Waals surface area (Å²) < 4.78 is 19.8. The molecule has 2 aromatic rings. The highest BCUT2D eigenvalue weighted by Gasteiger charge is 2.19. The lowest BCUT2D eigenvalue weighted by Crippen LogP contribution is -2.50. The van der Waals surface area contributed by atoms with Crippen LogP contribution >= 0.6 is 11.3 Å². The smallest absolute Gasteiger partial charge is 0.177 e. The maximum atomic E-state index is 13.1. The minimum absolute atomic E-state index is 0.159. The van der Waals surface area contributed by atoms with Gasteiger partial charge in [0.2, 0.25) is 0 Å². The highest BCUT2D eigenvalue weighted by Crippen LogP contribution is 2.32. The zero-order chi connectivity index (χ0) is 10.3. The van der Waals surface area contributed by atoms with Crippen molar-refractivity contribution in [1.29, 1.82) is 0 Å². The van der Waals surface area contributed by atoms with Gasteiger partial charge < -0.3 is 10.1 Å². The minimum Gasteiger partial charge on any atom is -0.487 e. The molecule has 3 rings (SSSR count). The van der Waals surface area contributed by atoms with Gasteiger partial charge in [-0.2, -0.15) is 4.39 Å². The second-order valence-electron chi connectivity index (χ2n) is 3.62. The highest BCUT2D eigenvalue weighted by atomic mass is 32.1. The number of fused-ring (bicyclic) bond motifs is 1. The van der Waals surface area contributed by atoms with Crippen molar-refractivity contribution >= 4 is 21.4 Å². The molecule has 4 heteroatoms. The highest BCUT2D eigenvalue weighted by molar-refractivity contribution is 7.17. The molecule has 1 saturated heterocycles. The zero-order valence-corrected chi connectivity index (χ0v) is 8.81. The van der Waals surface area contributed by atoms with Gasteiger partial charge in [-0.25, -0.2) is 0 Å². The third-order valence-electron chi connectivity index (χ3n) is 2.53. The Bertz CT molecular complexity index is 492. The van der Waals surface area contributed by atoms with E-state index in [1.807, 2.05) is 18.2 Å². The van der Waals surface area contributed by atoms with E-state index in [2.05, 4.69) is 5.32 Å². The molecular formula is C11H10FNOS. The van der Waals surface area contributed by atoms with Crippen molar-refractivity contribution in [1.82, 2.24) is 5.32 Å². The average Bonchev–Trinajstić information content (AvgIpc) is 2.52. The first-order chi connectivity index (χ1) is 7.33. The Morgan fingerprint density at radius 3 is 3.00 bits per heavy atom. The van der Waals surface area contributed by atoms with Crippen LogP contribution in [0.2, 0.25) is 0 Å². The lowest BCUT2D eigenvalue weighted by molar-refractivity contribution is 0.144. The van der Waals surface area contributed by atoms with Crippen LogP contribution in [0.4, 0.5) is 4.39 Å². The number of benzene rings is 1. The monoisotopic (exact) mass is 223 g/mol. The van der Waals surface area contributed by atoms with E-state index >= 15 is 0 Å².